The van der Waals surface area contributed by atoms with E-state index in [1.54, 1.807) is 6.07 Å². The molecule has 0 atom stereocenters. The van der Waals surface area contributed by atoms with Crippen LogP contribution < -0.4 is 11.1 Å². The van der Waals surface area contributed by atoms with Gasteiger partial charge in [-0.05, 0) is 43.6 Å². The van der Waals surface area contributed by atoms with Crippen molar-refractivity contribution < 1.29 is 9.21 Å². The highest BCUT2D eigenvalue weighted by atomic mass is 16.3. The minimum absolute atomic E-state index is 0.0164. The van der Waals surface area contributed by atoms with Gasteiger partial charge >= 0.3 is 0 Å². The van der Waals surface area contributed by atoms with Crippen molar-refractivity contribution in [1.29, 1.82) is 0 Å². The van der Waals surface area contributed by atoms with Gasteiger partial charge in [0.05, 0.1) is 12.1 Å². The topological polar surface area (TPSA) is 68.3 Å². The Morgan fingerprint density at radius 3 is 2.53 bits per heavy atom. The molecule has 3 N–H and O–H groups in total. The summed E-state index contributed by atoms with van der Waals surface area (Å²) in [5.74, 6) is 2.07. The van der Waals surface area contributed by atoms with Gasteiger partial charge in [-0.1, -0.05) is 0 Å². The summed E-state index contributed by atoms with van der Waals surface area (Å²) in [5.41, 5.74) is 6.05. The number of nitrogens with one attached hydrogen (secondary N) is 1. The molecule has 2 aliphatic rings. The fraction of sp³-hybridized carbons (Fsp3) is 0.615. The lowest BCUT2D eigenvalue weighted by molar-refractivity contribution is 0.0925. The van der Waals surface area contributed by atoms with E-state index in [4.69, 9.17) is 10.2 Å². The largest absolute Gasteiger partial charge is 0.467 e. The molecule has 1 aromatic rings. The van der Waals surface area contributed by atoms with E-state index >= 15 is 0 Å². The first kappa shape index (κ1) is 10.8. The number of rotatable bonds is 5. The monoisotopic (exact) mass is 234 g/mol. The van der Waals surface area contributed by atoms with Crippen molar-refractivity contribution in [1.82, 2.24) is 5.32 Å². The molecule has 0 bridgehead atoms. The summed E-state index contributed by atoms with van der Waals surface area (Å²) in [5, 5.41) is 3.15. The maximum absolute atomic E-state index is 12.0. The molecule has 17 heavy (non-hydrogen) atoms. The summed E-state index contributed by atoms with van der Waals surface area (Å²) in [6.07, 6.45) is 6.55. The molecule has 0 spiro atoms. The number of carbonyl (C=O) groups excluding carboxylic acids is 1. The van der Waals surface area contributed by atoms with Crippen molar-refractivity contribution in [3.8, 4) is 0 Å². The van der Waals surface area contributed by atoms with Crippen LogP contribution in [-0.4, -0.2) is 11.9 Å². The molecular weight excluding hydrogens is 216 g/mol. The molecule has 2 fully saturated rings. The zero-order valence-corrected chi connectivity index (χ0v) is 9.82. The van der Waals surface area contributed by atoms with Gasteiger partial charge in [-0.25, -0.2) is 0 Å². The Balaban J connectivity index is 1.64. The first-order valence-electron chi connectivity index (χ1n) is 6.36. The molecule has 1 amide bonds. The number of amides is 1. The van der Waals surface area contributed by atoms with Crippen molar-refractivity contribution >= 4 is 5.91 Å². The van der Waals surface area contributed by atoms with Gasteiger partial charge in [0.2, 0.25) is 0 Å². The smallest absolute Gasteiger partial charge is 0.254 e. The normalized spacial score (nSPS) is 19.6. The zero-order chi connectivity index (χ0) is 11.8. The zero-order valence-electron chi connectivity index (χ0n) is 9.82. The first-order chi connectivity index (χ1) is 8.28. The van der Waals surface area contributed by atoms with E-state index in [9.17, 15) is 4.79 Å². The molecule has 0 aromatic carbocycles. The van der Waals surface area contributed by atoms with Crippen LogP contribution in [0.2, 0.25) is 0 Å². The van der Waals surface area contributed by atoms with E-state index in [0.717, 1.165) is 0 Å². The summed E-state index contributed by atoms with van der Waals surface area (Å²) >= 11 is 0. The molecule has 2 saturated carbocycles. The molecule has 0 radical (unpaired) electrons. The van der Waals surface area contributed by atoms with Gasteiger partial charge < -0.3 is 15.5 Å². The second kappa shape index (κ2) is 4.18. The molecule has 2 aliphatic carbocycles. The van der Waals surface area contributed by atoms with Gasteiger partial charge in [-0.15, -0.1) is 0 Å². The molecule has 1 aromatic heterocycles. The molecule has 4 nitrogen and oxygen atoms in total. The van der Waals surface area contributed by atoms with Gasteiger partial charge in [0, 0.05) is 6.04 Å². The predicted molar refractivity (Wildman–Crippen MR) is 63.3 cm³/mol. The Bertz CT molecular complexity index is 407. The van der Waals surface area contributed by atoms with Crippen LogP contribution in [-0.2, 0) is 6.54 Å². The van der Waals surface area contributed by atoms with Gasteiger partial charge in [-0.2, -0.15) is 0 Å². The van der Waals surface area contributed by atoms with E-state index in [0.29, 0.717) is 35.7 Å². The van der Waals surface area contributed by atoms with Crippen molar-refractivity contribution in [2.45, 2.75) is 38.3 Å². The lowest BCUT2D eigenvalue weighted by Gasteiger charge is -2.16. The van der Waals surface area contributed by atoms with Crippen LogP contribution in [0.5, 0.6) is 0 Å². The molecule has 4 heteroatoms. The molecule has 0 saturated heterocycles. The van der Waals surface area contributed by atoms with E-state index in [1.807, 2.05) is 0 Å². The third kappa shape index (κ3) is 2.36. The van der Waals surface area contributed by atoms with Crippen molar-refractivity contribution in [3.63, 3.8) is 0 Å². The van der Waals surface area contributed by atoms with Crippen LogP contribution in [0.15, 0.2) is 16.7 Å². The lowest BCUT2D eigenvalue weighted by Crippen LogP contribution is -2.37. The van der Waals surface area contributed by atoms with Gasteiger partial charge in [0.15, 0.2) is 0 Å². The average molecular weight is 234 g/mol. The Hall–Kier alpha value is -1.29. The standard InChI is InChI=1S/C13H18N2O2/c14-6-11-5-10(7-17-11)13(16)15-12(8-1-2-8)9-3-4-9/h5,7-9,12H,1-4,6,14H2,(H,15,16). The van der Waals surface area contributed by atoms with Crippen molar-refractivity contribution in [2.75, 3.05) is 0 Å². The Kier molecular flexibility index (Phi) is 2.67. The fourth-order valence-electron chi connectivity index (χ4n) is 2.37. The maximum atomic E-state index is 12.0. The highest BCUT2D eigenvalue weighted by Crippen LogP contribution is 2.44. The Morgan fingerprint density at radius 2 is 2.06 bits per heavy atom. The average Bonchev–Trinajstić information content (AvgIpc) is 3.24. The SMILES string of the molecule is NCc1cc(C(=O)NC(C2CC2)C2CC2)co1. The third-order valence-corrected chi connectivity index (χ3v) is 3.67. The molecule has 1 heterocycles. The van der Waals surface area contributed by atoms with E-state index in [-0.39, 0.29) is 5.91 Å². The van der Waals surface area contributed by atoms with Crippen LogP contribution in [0.4, 0.5) is 0 Å². The summed E-state index contributed by atoms with van der Waals surface area (Å²) in [7, 11) is 0. The summed E-state index contributed by atoms with van der Waals surface area (Å²) in [4.78, 5) is 12.0. The Labute approximate surface area is 101 Å². The fourth-order valence-corrected chi connectivity index (χ4v) is 2.37. The van der Waals surface area contributed by atoms with Crippen LogP contribution in [0.25, 0.3) is 0 Å². The molecule has 0 aliphatic heterocycles. The predicted octanol–water partition coefficient (Wildman–Crippen LogP) is 1.66. The number of furan rings is 1. The molecule has 92 valence electrons. The minimum Gasteiger partial charge on any atom is -0.467 e. The summed E-state index contributed by atoms with van der Waals surface area (Å²) in [6, 6.07) is 2.12. The highest BCUT2D eigenvalue weighted by molar-refractivity contribution is 5.94. The summed E-state index contributed by atoms with van der Waals surface area (Å²) < 4.78 is 5.18. The quantitative estimate of drug-likeness (QED) is 0.814. The summed E-state index contributed by atoms with van der Waals surface area (Å²) in [6.45, 7) is 0.335. The number of hydrogen-bond donors (Lipinski definition) is 2. The minimum atomic E-state index is -0.0164. The number of nitrogens with two attached hydrogens (primary N) is 1. The third-order valence-electron chi connectivity index (χ3n) is 3.67. The van der Waals surface area contributed by atoms with E-state index in [1.165, 1.54) is 31.9 Å². The van der Waals surface area contributed by atoms with Crippen LogP contribution in [0, 0.1) is 11.8 Å². The second-order valence-corrected chi connectivity index (χ2v) is 5.18. The van der Waals surface area contributed by atoms with Crippen molar-refractivity contribution in [3.05, 3.63) is 23.7 Å². The van der Waals surface area contributed by atoms with Crippen molar-refractivity contribution in [2.24, 2.45) is 17.6 Å². The number of carbonyl (C=O) groups is 1. The number of hydrogen-bond acceptors (Lipinski definition) is 3. The second-order valence-electron chi connectivity index (χ2n) is 5.18. The molecule has 0 unspecified atom stereocenters. The van der Waals surface area contributed by atoms with E-state index in [2.05, 4.69) is 5.32 Å². The maximum Gasteiger partial charge on any atom is 0.254 e. The van der Waals surface area contributed by atoms with E-state index < -0.39 is 0 Å². The highest BCUT2D eigenvalue weighted by Gasteiger charge is 2.42. The molecular formula is C13H18N2O2. The van der Waals surface area contributed by atoms with Crippen LogP contribution >= 0.6 is 0 Å². The first-order valence-corrected chi connectivity index (χ1v) is 6.36. The van der Waals surface area contributed by atoms with Crippen LogP contribution in [0.3, 0.4) is 0 Å². The van der Waals surface area contributed by atoms with Gasteiger partial charge in [-0.3, -0.25) is 4.79 Å². The Morgan fingerprint density at radius 1 is 1.41 bits per heavy atom. The lowest BCUT2D eigenvalue weighted by atomic mass is 10.1. The van der Waals surface area contributed by atoms with Gasteiger partial charge in [0.1, 0.15) is 12.0 Å². The van der Waals surface area contributed by atoms with Crippen LogP contribution in [0.1, 0.15) is 41.8 Å². The van der Waals surface area contributed by atoms with Gasteiger partial charge in [0.25, 0.3) is 5.91 Å². The molecule has 3 rings (SSSR count).